The molecular weight excluding hydrogens is 492 g/mol. The van der Waals surface area contributed by atoms with Crippen LogP contribution in [0.3, 0.4) is 0 Å². The van der Waals surface area contributed by atoms with Gasteiger partial charge in [-0.05, 0) is 54.8 Å². The van der Waals surface area contributed by atoms with E-state index in [0.29, 0.717) is 0 Å². The minimum Gasteiger partial charge on any atom is -0.348 e. The number of benzene rings is 2. The van der Waals surface area contributed by atoms with Crippen LogP contribution in [0.15, 0.2) is 42.5 Å². The van der Waals surface area contributed by atoms with Crippen LogP contribution < -0.4 is 9.62 Å². The molecule has 0 saturated carbocycles. The zero-order chi connectivity index (χ0) is 27.0. The summed E-state index contributed by atoms with van der Waals surface area (Å²) in [5.41, 5.74) is -1.78. The number of aromatic nitrogens is 2. The molecule has 190 valence electrons. The van der Waals surface area contributed by atoms with Gasteiger partial charge in [0.25, 0.3) is 5.91 Å². The highest BCUT2D eigenvalue weighted by Gasteiger charge is 2.36. The van der Waals surface area contributed by atoms with Crippen molar-refractivity contribution >= 4 is 27.6 Å². The summed E-state index contributed by atoms with van der Waals surface area (Å²) in [6.07, 6.45) is 0. The van der Waals surface area contributed by atoms with Gasteiger partial charge < -0.3 is 5.32 Å². The molecule has 36 heavy (non-hydrogen) atoms. The zero-order valence-corrected chi connectivity index (χ0v) is 21.1. The molecule has 0 saturated heterocycles. The molecule has 0 radical (unpaired) electrons. The third-order valence-electron chi connectivity index (χ3n) is 5.73. The summed E-state index contributed by atoms with van der Waals surface area (Å²) >= 11 is 0. The van der Waals surface area contributed by atoms with Gasteiger partial charge in [-0.2, -0.15) is 18.8 Å². The quantitative estimate of drug-likeness (QED) is 0.468. The fourth-order valence-electron chi connectivity index (χ4n) is 3.34. The summed E-state index contributed by atoms with van der Waals surface area (Å²) in [6.45, 7) is 7.43. The van der Waals surface area contributed by atoms with Crippen molar-refractivity contribution in [1.29, 1.82) is 5.26 Å². The number of hydrogen-bond acceptors (Lipinski definition) is 5. The van der Waals surface area contributed by atoms with Gasteiger partial charge in [-0.25, -0.2) is 13.1 Å². The maximum absolute atomic E-state index is 15.1. The highest BCUT2D eigenvalue weighted by molar-refractivity contribution is 7.87. The van der Waals surface area contributed by atoms with Crippen LogP contribution in [-0.2, 0) is 17.4 Å². The lowest BCUT2D eigenvalue weighted by Gasteiger charge is -2.29. The van der Waals surface area contributed by atoms with Crippen molar-refractivity contribution < 1.29 is 26.5 Å². The molecule has 1 unspecified atom stereocenters. The molecule has 3 aromatic rings. The van der Waals surface area contributed by atoms with Crippen molar-refractivity contribution in [3.63, 3.8) is 0 Å². The Balaban J connectivity index is 2.36. The Hall–Kier alpha value is -3.82. The smallest absolute Gasteiger partial charge is 0.348 e. The molecule has 0 aliphatic heterocycles. The number of halogens is 2. The van der Waals surface area contributed by atoms with E-state index in [1.54, 1.807) is 13.0 Å². The molecule has 0 aliphatic rings. The topological polar surface area (TPSA) is 128 Å². The first kappa shape index (κ1) is 26.8. The molecule has 0 aliphatic carbocycles. The lowest BCUT2D eigenvalue weighted by molar-refractivity contribution is 0.0901. The van der Waals surface area contributed by atoms with E-state index in [1.807, 2.05) is 20.8 Å². The van der Waals surface area contributed by atoms with Crippen LogP contribution in [0.25, 0.3) is 11.3 Å². The number of carbonyl (C=O) groups is 1. The summed E-state index contributed by atoms with van der Waals surface area (Å²) in [5.74, 6) is -2.45. The SMILES string of the molecule is CC(NC(=O)c1c(N(c2ccc(C#N)cc2F)S(=O)(=O)O)c(-c2ccc(F)cc2)nn1C)C(C)(C)C. The van der Waals surface area contributed by atoms with E-state index in [9.17, 15) is 22.2 Å². The Labute approximate surface area is 207 Å². The molecule has 2 aromatic carbocycles. The van der Waals surface area contributed by atoms with E-state index in [1.165, 1.54) is 19.2 Å². The lowest BCUT2D eigenvalue weighted by atomic mass is 9.88. The number of hydrogen-bond donors (Lipinski definition) is 2. The fraction of sp³-hybridized carbons (Fsp3) is 0.292. The number of rotatable bonds is 6. The number of aryl methyl sites for hydroxylation is 1. The molecule has 0 fully saturated rings. The Morgan fingerprint density at radius 1 is 1.19 bits per heavy atom. The van der Waals surface area contributed by atoms with Crippen LogP contribution in [0.2, 0.25) is 0 Å². The summed E-state index contributed by atoms with van der Waals surface area (Å²) in [6, 6.07) is 9.12. The Kier molecular flexibility index (Phi) is 7.20. The van der Waals surface area contributed by atoms with Crippen LogP contribution in [-0.4, -0.2) is 34.7 Å². The molecule has 9 nitrogen and oxygen atoms in total. The van der Waals surface area contributed by atoms with Crippen LogP contribution in [0.1, 0.15) is 43.7 Å². The number of carbonyl (C=O) groups excluding carboxylic acids is 1. The van der Waals surface area contributed by atoms with E-state index in [0.717, 1.165) is 35.0 Å². The van der Waals surface area contributed by atoms with E-state index in [2.05, 4.69) is 10.4 Å². The standard InChI is InChI=1S/C24H25F2N5O4S/c1-14(24(2,3)4)28-23(32)22-21(20(29-30(22)5)16-7-9-17(25)10-8-16)31(36(33,34)35)19-11-6-15(13-27)12-18(19)26/h6-12,14H,1-5H3,(H,28,32)(H,33,34,35). The second-order valence-electron chi connectivity index (χ2n) is 9.26. The summed E-state index contributed by atoms with van der Waals surface area (Å²) in [4.78, 5) is 13.4. The molecule has 1 heterocycles. The van der Waals surface area contributed by atoms with Crippen molar-refractivity contribution in [2.75, 3.05) is 4.31 Å². The highest BCUT2D eigenvalue weighted by Crippen LogP contribution is 2.40. The first-order valence-electron chi connectivity index (χ1n) is 10.8. The lowest BCUT2D eigenvalue weighted by Crippen LogP contribution is -2.42. The average Bonchev–Trinajstić information content (AvgIpc) is 3.10. The first-order chi connectivity index (χ1) is 16.6. The van der Waals surface area contributed by atoms with E-state index in [4.69, 9.17) is 5.26 Å². The zero-order valence-electron chi connectivity index (χ0n) is 20.2. The molecular formula is C24H25F2N5O4S. The number of amides is 1. The van der Waals surface area contributed by atoms with Gasteiger partial charge in [-0.1, -0.05) is 20.8 Å². The minimum atomic E-state index is -5.25. The minimum absolute atomic E-state index is 0.0894. The van der Waals surface area contributed by atoms with Crippen LogP contribution in [0.4, 0.5) is 20.2 Å². The van der Waals surface area contributed by atoms with Gasteiger partial charge in [0.15, 0.2) is 5.69 Å². The molecule has 0 spiro atoms. The van der Waals surface area contributed by atoms with Crippen molar-refractivity contribution in [3.05, 3.63) is 65.4 Å². The summed E-state index contributed by atoms with van der Waals surface area (Å²) in [7, 11) is -3.87. The van der Waals surface area contributed by atoms with E-state index < -0.39 is 39.2 Å². The van der Waals surface area contributed by atoms with Crippen molar-refractivity contribution in [1.82, 2.24) is 15.1 Å². The molecule has 1 aromatic heterocycles. The van der Waals surface area contributed by atoms with Crippen molar-refractivity contribution in [2.24, 2.45) is 12.5 Å². The number of nitrogens with zero attached hydrogens (tertiary/aromatic N) is 4. The number of nitriles is 1. The predicted octanol–water partition coefficient (Wildman–Crippen LogP) is 4.34. The van der Waals surface area contributed by atoms with Gasteiger partial charge in [0.2, 0.25) is 0 Å². The van der Waals surface area contributed by atoms with Crippen LogP contribution in [0, 0.1) is 28.4 Å². The summed E-state index contributed by atoms with van der Waals surface area (Å²) < 4.78 is 65.5. The largest absolute Gasteiger partial charge is 0.364 e. The number of anilines is 2. The maximum Gasteiger partial charge on any atom is 0.364 e. The normalized spacial score (nSPS) is 12.6. The molecule has 1 amide bonds. The van der Waals surface area contributed by atoms with Gasteiger partial charge in [-0.3, -0.25) is 14.0 Å². The van der Waals surface area contributed by atoms with Gasteiger partial charge in [-0.15, -0.1) is 0 Å². The second kappa shape index (κ2) is 9.67. The van der Waals surface area contributed by atoms with E-state index >= 15 is 4.39 Å². The predicted molar refractivity (Wildman–Crippen MR) is 130 cm³/mol. The van der Waals surface area contributed by atoms with E-state index in [-0.39, 0.29) is 38.3 Å². The Morgan fingerprint density at radius 2 is 1.81 bits per heavy atom. The third kappa shape index (κ3) is 5.37. The van der Waals surface area contributed by atoms with Crippen molar-refractivity contribution in [2.45, 2.75) is 33.7 Å². The fourth-order valence-corrected chi connectivity index (χ4v) is 4.14. The second-order valence-corrected chi connectivity index (χ2v) is 10.5. The monoisotopic (exact) mass is 517 g/mol. The average molecular weight is 518 g/mol. The van der Waals surface area contributed by atoms with Crippen molar-refractivity contribution in [3.8, 4) is 17.3 Å². The first-order valence-corrected chi connectivity index (χ1v) is 12.2. The number of nitrogens with one attached hydrogen (secondary N) is 1. The highest BCUT2D eigenvalue weighted by atomic mass is 32.2. The third-order valence-corrected chi connectivity index (χ3v) is 6.57. The molecule has 2 N–H and O–H groups in total. The Morgan fingerprint density at radius 3 is 2.31 bits per heavy atom. The van der Waals surface area contributed by atoms with Crippen LogP contribution in [0.5, 0.6) is 0 Å². The van der Waals surface area contributed by atoms with Crippen LogP contribution >= 0.6 is 0 Å². The molecule has 1 atom stereocenters. The maximum atomic E-state index is 15.1. The molecule has 12 heteroatoms. The van der Waals surface area contributed by atoms with Gasteiger partial charge in [0, 0.05) is 18.7 Å². The Bertz CT molecular complexity index is 1460. The van der Waals surface area contributed by atoms with Gasteiger partial charge >= 0.3 is 10.3 Å². The molecule has 0 bridgehead atoms. The molecule has 3 rings (SSSR count). The summed E-state index contributed by atoms with van der Waals surface area (Å²) in [5, 5.41) is 16.1. The van der Waals surface area contributed by atoms with Gasteiger partial charge in [0.05, 0.1) is 17.3 Å². The van der Waals surface area contributed by atoms with Gasteiger partial charge in [0.1, 0.15) is 23.0 Å².